The number of carbonyl (C=O) groups is 2. The predicted molar refractivity (Wildman–Crippen MR) is 156 cm³/mol. The molecule has 9 heteroatoms. The second-order valence-electron chi connectivity index (χ2n) is 10.5. The summed E-state index contributed by atoms with van der Waals surface area (Å²) in [4.78, 5) is 28.9. The van der Waals surface area contributed by atoms with Crippen LogP contribution in [0.3, 0.4) is 0 Å². The Bertz CT molecular complexity index is 1400. The van der Waals surface area contributed by atoms with Crippen LogP contribution < -0.4 is 9.62 Å². The van der Waals surface area contributed by atoms with Gasteiger partial charge in [-0.3, -0.25) is 13.9 Å². The fourth-order valence-corrected chi connectivity index (χ4v) is 5.87. The molecule has 2 amide bonds. The zero-order chi connectivity index (χ0) is 28.8. The molecule has 1 unspecified atom stereocenters. The minimum Gasteiger partial charge on any atom is -0.350 e. The van der Waals surface area contributed by atoms with Crippen molar-refractivity contribution in [3.05, 3.63) is 95.0 Å². The highest BCUT2D eigenvalue weighted by Crippen LogP contribution is 2.27. The highest BCUT2D eigenvalue weighted by Gasteiger charge is 2.34. The number of hydrogen-bond acceptors (Lipinski definition) is 4. The van der Waals surface area contributed by atoms with Gasteiger partial charge < -0.3 is 10.2 Å². The van der Waals surface area contributed by atoms with E-state index in [9.17, 15) is 18.0 Å². The molecule has 208 valence electrons. The van der Waals surface area contributed by atoms with Gasteiger partial charge in [0.1, 0.15) is 12.6 Å². The third-order valence-corrected chi connectivity index (χ3v) is 8.05. The molecular formula is C30H36ClN3O4S. The van der Waals surface area contributed by atoms with Crippen molar-refractivity contribution in [2.75, 3.05) is 10.8 Å². The number of hydrogen-bond donors (Lipinski definition) is 1. The van der Waals surface area contributed by atoms with E-state index in [2.05, 4.69) is 5.32 Å². The number of nitrogens with one attached hydrogen (secondary N) is 1. The predicted octanol–water partition coefficient (Wildman–Crippen LogP) is 5.57. The first-order valence-corrected chi connectivity index (χ1v) is 14.6. The third kappa shape index (κ3) is 8.07. The SMILES string of the molecule is CCC(C(=O)NC(C)(C)C)N(Cc1cccc(C)c1)C(=O)CN(c1cccc(Cl)c1)S(=O)(=O)c1ccccc1. The lowest BCUT2D eigenvalue weighted by molar-refractivity contribution is -0.141. The second-order valence-corrected chi connectivity index (χ2v) is 12.8. The quantitative estimate of drug-likeness (QED) is 0.346. The van der Waals surface area contributed by atoms with Crippen molar-refractivity contribution < 1.29 is 18.0 Å². The van der Waals surface area contributed by atoms with Crippen molar-refractivity contribution in [2.24, 2.45) is 0 Å². The van der Waals surface area contributed by atoms with Crippen LogP contribution in [0.1, 0.15) is 45.2 Å². The average Bonchev–Trinajstić information content (AvgIpc) is 2.86. The fraction of sp³-hybridized carbons (Fsp3) is 0.333. The second kappa shape index (κ2) is 12.7. The van der Waals surface area contributed by atoms with Crippen LogP contribution in [0, 0.1) is 6.92 Å². The Balaban J connectivity index is 2.07. The number of rotatable bonds is 10. The molecule has 0 saturated heterocycles. The van der Waals surface area contributed by atoms with Crippen LogP contribution in [-0.4, -0.2) is 43.3 Å². The van der Waals surface area contributed by atoms with Gasteiger partial charge in [0.25, 0.3) is 10.0 Å². The van der Waals surface area contributed by atoms with Crippen LogP contribution in [0.4, 0.5) is 5.69 Å². The molecule has 1 N–H and O–H groups in total. The van der Waals surface area contributed by atoms with Crippen LogP contribution in [0.25, 0.3) is 0 Å². The number of halogens is 1. The van der Waals surface area contributed by atoms with E-state index >= 15 is 0 Å². The van der Waals surface area contributed by atoms with Crippen LogP contribution in [-0.2, 0) is 26.2 Å². The zero-order valence-electron chi connectivity index (χ0n) is 23.0. The summed E-state index contributed by atoms with van der Waals surface area (Å²) in [6, 6.07) is 21.2. The first-order chi connectivity index (χ1) is 18.3. The molecule has 0 fully saturated rings. The molecule has 3 rings (SSSR count). The van der Waals surface area contributed by atoms with E-state index in [0.717, 1.165) is 15.4 Å². The summed E-state index contributed by atoms with van der Waals surface area (Å²) in [5, 5.41) is 3.30. The summed E-state index contributed by atoms with van der Waals surface area (Å²) >= 11 is 6.21. The Kier molecular flexibility index (Phi) is 9.80. The Morgan fingerprint density at radius 3 is 2.21 bits per heavy atom. The molecule has 0 aliphatic carbocycles. The van der Waals surface area contributed by atoms with Crippen LogP contribution in [0.5, 0.6) is 0 Å². The van der Waals surface area contributed by atoms with Gasteiger partial charge in [-0.2, -0.15) is 0 Å². The van der Waals surface area contributed by atoms with Gasteiger partial charge in [0.15, 0.2) is 0 Å². The van der Waals surface area contributed by atoms with Crippen molar-refractivity contribution in [2.45, 2.75) is 64.1 Å². The summed E-state index contributed by atoms with van der Waals surface area (Å²) in [6.07, 6.45) is 0.349. The molecule has 0 bridgehead atoms. The number of nitrogens with zero attached hydrogens (tertiary/aromatic N) is 2. The number of anilines is 1. The van der Waals surface area contributed by atoms with Gasteiger partial charge in [-0.05, 0) is 70.0 Å². The van der Waals surface area contributed by atoms with E-state index in [-0.39, 0.29) is 23.0 Å². The first kappa shape index (κ1) is 30.2. The van der Waals surface area contributed by atoms with Crippen LogP contribution in [0.15, 0.2) is 83.8 Å². The molecule has 1 atom stereocenters. The van der Waals surface area contributed by atoms with Gasteiger partial charge in [0.2, 0.25) is 11.8 Å². The Hall–Kier alpha value is -3.36. The molecule has 3 aromatic carbocycles. The number of amides is 2. The third-order valence-electron chi connectivity index (χ3n) is 6.03. The lowest BCUT2D eigenvalue weighted by Gasteiger charge is -2.34. The average molecular weight is 570 g/mol. The molecule has 0 radical (unpaired) electrons. The van der Waals surface area contributed by atoms with E-state index < -0.39 is 34.1 Å². The number of carbonyl (C=O) groups excluding carboxylic acids is 2. The molecule has 0 aromatic heterocycles. The van der Waals surface area contributed by atoms with Crippen molar-refractivity contribution in [1.29, 1.82) is 0 Å². The Morgan fingerprint density at radius 1 is 0.949 bits per heavy atom. The van der Waals surface area contributed by atoms with Crippen molar-refractivity contribution >= 4 is 39.1 Å². The largest absolute Gasteiger partial charge is 0.350 e. The molecule has 0 aliphatic heterocycles. The van der Waals surface area contributed by atoms with E-state index in [1.165, 1.54) is 23.1 Å². The van der Waals surface area contributed by atoms with Gasteiger partial charge >= 0.3 is 0 Å². The van der Waals surface area contributed by atoms with Crippen LogP contribution in [0.2, 0.25) is 5.02 Å². The zero-order valence-corrected chi connectivity index (χ0v) is 24.6. The monoisotopic (exact) mass is 569 g/mol. The first-order valence-electron chi connectivity index (χ1n) is 12.8. The van der Waals surface area contributed by atoms with Crippen molar-refractivity contribution in [3.8, 4) is 0 Å². The standard InChI is InChI=1S/C30H36ClN3O4S/c1-6-27(29(36)32-30(3,4)5)33(20-23-13-10-12-22(2)18-23)28(35)21-34(25-15-11-14-24(31)19-25)39(37,38)26-16-8-7-9-17-26/h7-19,27H,6,20-21H2,1-5H3,(H,32,36). The smallest absolute Gasteiger partial charge is 0.264 e. The van der Waals surface area contributed by atoms with E-state index in [0.29, 0.717) is 11.4 Å². The normalized spacial score (nSPS) is 12.5. The molecule has 0 spiro atoms. The topological polar surface area (TPSA) is 86.8 Å². The Morgan fingerprint density at radius 2 is 1.62 bits per heavy atom. The lowest BCUT2D eigenvalue weighted by Crippen LogP contribution is -2.55. The van der Waals surface area contributed by atoms with E-state index in [4.69, 9.17) is 11.6 Å². The maximum absolute atomic E-state index is 14.1. The van der Waals surface area contributed by atoms with E-state index in [1.807, 2.05) is 58.9 Å². The van der Waals surface area contributed by atoms with Gasteiger partial charge in [0.05, 0.1) is 10.6 Å². The highest BCUT2D eigenvalue weighted by molar-refractivity contribution is 7.92. The maximum Gasteiger partial charge on any atom is 0.264 e. The number of sulfonamides is 1. The lowest BCUT2D eigenvalue weighted by atomic mass is 10.0. The summed E-state index contributed by atoms with van der Waals surface area (Å²) in [5.41, 5.74) is 1.60. The summed E-state index contributed by atoms with van der Waals surface area (Å²) in [5.74, 6) is -0.807. The molecule has 0 aliphatic rings. The minimum absolute atomic E-state index is 0.0422. The Labute approximate surface area is 236 Å². The molecule has 7 nitrogen and oxygen atoms in total. The van der Waals surface area contributed by atoms with E-state index in [1.54, 1.807) is 36.4 Å². The molecule has 39 heavy (non-hydrogen) atoms. The van der Waals surface area contributed by atoms with Gasteiger partial charge in [-0.25, -0.2) is 8.42 Å². The van der Waals surface area contributed by atoms with Gasteiger partial charge in [-0.1, -0.05) is 72.6 Å². The summed E-state index contributed by atoms with van der Waals surface area (Å²) in [7, 11) is -4.13. The molecule has 3 aromatic rings. The molecule has 0 saturated carbocycles. The minimum atomic E-state index is -4.13. The van der Waals surface area contributed by atoms with Crippen molar-refractivity contribution in [1.82, 2.24) is 10.2 Å². The maximum atomic E-state index is 14.1. The fourth-order valence-electron chi connectivity index (χ4n) is 4.26. The van der Waals surface area contributed by atoms with Crippen LogP contribution >= 0.6 is 11.6 Å². The number of aryl methyl sites for hydroxylation is 1. The molecule has 0 heterocycles. The van der Waals surface area contributed by atoms with Gasteiger partial charge in [0, 0.05) is 17.1 Å². The summed E-state index contributed by atoms with van der Waals surface area (Å²) < 4.78 is 28.6. The van der Waals surface area contributed by atoms with Gasteiger partial charge in [-0.15, -0.1) is 0 Å². The number of benzene rings is 3. The molecular weight excluding hydrogens is 534 g/mol. The summed E-state index contributed by atoms with van der Waals surface area (Å²) in [6.45, 7) is 9.03. The van der Waals surface area contributed by atoms with Crippen molar-refractivity contribution in [3.63, 3.8) is 0 Å². The highest BCUT2D eigenvalue weighted by atomic mass is 35.5.